The predicted molar refractivity (Wildman–Crippen MR) is 68.1 cm³/mol. The molecule has 1 aromatic carbocycles. The summed E-state index contributed by atoms with van der Waals surface area (Å²) in [5.74, 6) is 0.477. The van der Waals surface area contributed by atoms with Crippen LogP contribution in [0.25, 0.3) is 0 Å². The van der Waals surface area contributed by atoms with E-state index in [9.17, 15) is 5.11 Å². The van der Waals surface area contributed by atoms with Crippen LogP contribution in [0, 0.1) is 6.92 Å². The van der Waals surface area contributed by atoms with Crippen molar-refractivity contribution in [2.45, 2.75) is 58.3 Å². The highest BCUT2D eigenvalue weighted by molar-refractivity contribution is 5.49. The third-order valence-electron chi connectivity index (χ3n) is 3.80. The zero-order chi connectivity index (χ0) is 12.1. The van der Waals surface area contributed by atoms with Crippen molar-refractivity contribution in [3.05, 3.63) is 28.8 Å². The number of hydrogen-bond donors (Lipinski definition) is 1. The van der Waals surface area contributed by atoms with E-state index in [4.69, 9.17) is 0 Å². The maximum atomic E-state index is 10.1. The Morgan fingerprint density at radius 1 is 1.19 bits per heavy atom. The minimum atomic E-state index is 0.151. The Hall–Kier alpha value is -0.980. The lowest BCUT2D eigenvalue weighted by Gasteiger charge is -2.24. The summed E-state index contributed by atoms with van der Waals surface area (Å²) in [6.45, 7) is 11.0. The van der Waals surface area contributed by atoms with E-state index in [0.717, 1.165) is 5.56 Å². The molecule has 0 heterocycles. The fourth-order valence-corrected chi connectivity index (χ4v) is 2.44. The number of phenolic OH excluding ortho intramolecular Hbond substituents is 1. The maximum absolute atomic E-state index is 10.1. The Balaban J connectivity index is 2.56. The second-order valence-corrected chi connectivity index (χ2v) is 6.49. The minimum Gasteiger partial charge on any atom is -0.508 e. The molecule has 2 rings (SSSR count). The molecule has 1 heteroatoms. The van der Waals surface area contributed by atoms with Gasteiger partial charge in [0.2, 0.25) is 0 Å². The fraction of sp³-hybridized carbons (Fsp3) is 0.600. The highest BCUT2D eigenvalue weighted by atomic mass is 16.3. The summed E-state index contributed by atoms with van der Waals surface area (Å²) in [6, 6.07) is 4.15. The van der Waals surface area contributed by atoms with E-state index in [1.807, 2.05) is 6.07 Å². The quantitative estimate of drug-likeness (QED) is 0.754. The average molecular weight is 218 g/mol. The SMILES string of the molecule is Cc1cc(O)c(C2(C)CC2)cc1C(C)(C)C. The Labute approximate surface area is 98.5 Å². The molecule has 0 atom stereocenters. The van der Waals surface area contributed by atoms with Gasteiger partial charge in [0, 0.05) is 5.56 Å². The Bertz CT molecular complexity index is 393. The summed E-state index contributed by atoms with van der Waals surface area (Å²) in [7, 11) is 0. The minimum absolute atomic E-state index is 0.151. The molecule has 1 nitrogen and oxygen atoms in total. The van der Waals surface area contributed by atoms with Gasteiger partial charge in [-0.05, 0) is 47.8 Å². The first-order valence-corrected chi connectivity index (χ1v) is 6.09. The van der Waals surface area contributed by atoms with E-state index >= 15 is 0 Å². The topological polar surface area (TPSA) is 20.2 Å². The van der Waals surface area contributed by atoms with Crippen LogP contribution in [-0.2, 0) is 10.8 Å². The Morgan fingerprint density at radius 2 is 1.75 bits per heavy atom. The first kappa shape index (κ1) is 11.5. The van der Waals surface area contributed by atoms with Gasteiger partial charge in [0.15, 0.2) is 0 Å². The molecule has 88 valence electrons. The molecule has 0 spiro atoms. The van der Waals surface area contributed by atoms with Crippen LogP contribution in [0.1, 0.15) is 57.2 Å². The predicted octanol–water partition coefficient (Wildman–Crippen LogP) is 4.05. The molecular formula is C15H22O. The molecule has 0 saturated heterocycles. The van der Waals surface area contributed by atoms with Crippen molar-refractivity contribution >= 4 is 0 Å². The number of phenols is 1. The average Bonchev–Trinajstić information content (AvgIpc) is 2.81. The Morgan fingerprint density at radius 3 is 2.19 bits per heavy atom. The van der Waals surface area contributed by atoms with E-state index in [1.165, 1.54) is 24.0 Å². The van der Waals surface area contributed by atoms with Crippen molar-refractivity contribution in [1.82, 2.24) is 0 Å². The van der Waals surface area contributed by atoms with Gasteiger partial charge in [-0.2, -0.15) is 0 Å². The van der Waals surface area contributed by atoms with E-state index in [2.05, 4.69) is 40.7 Å². The molecule has 0 aliphatic heterocycles. The third-order valence-corrected chi connectivity index (χ3v) is 3.80. The molecule has 1 fully saturated rings. The monoisotopic (exact) mass is 218 g/mol. The lowest BCUT2D eigenvalue weighted by Crippen LogP contribution is -2.15. The van der Waals surface area contributed by atoms with E-state index in [0.29, 0.717) is 5.75 Å². The van der Waals surface area contributed by atoms with Crippen LogP contribution in [0.2, 0.25) is 0 Å². The summed E-state index contributed by atoms with van der Waals surface area (Å²) in [5, 5.41) is 10.1. The van der Waals surface area contributed by atoms with Crippen LogP contribution in [0.15, 0.2) is 12.1 Å². The van der Waals surface area contributed by atoms with Gasteiger partial charge in [-0.25, -0.2) is 0 Å². The highest BCUT2D eigenvalue weighted by Gasteiger charge is 2.41. The smallest absolute Gasteiger partial charge is 0.119 e. The van der Waals surface area contributed by atoms with E-state index < -0.39 is 0 Å². The second kappa shape index (κ2) is 3.26. The van der Waals surface area contributed by atoms with Gasteiger partial charge in [0.1, 0.15) is 5.75 Å². The van der Waals surface area contributed by atoms with Crippen LogP contribution in [0.4, 0.5) is 0 Å². The number of aryl methyl sites for hydroxylation is 1. The largest absolute Gasteiger partial charge is 0.508 e. The molecule has 0 unspecified atom stereocenters. The molecule has 0 radical (unpaired) electrons. The van der Waals surface area contributed by atoms with Crippen LogP contribution >= 0.6 is 0 Å². The van der Waals surface area contributed by atoms with Crippen molar-refractivity contribution in [1.29, 1.82) is 0 Å². The van der Waals surface area contributed by atoms with Crippen molar-refractivity contribution in [3.63, 3.8) is 0 Å². The van der Waals surface area contributed by atoms with Crippen LogP contribution in [0.5, 0.6) is 5.75 Å². The first-order valence-electron chi connectivity index (χ1n) is 6.09. The van der Waals surface area contributed by atoms with Gasteiger partial charge in [-0.15, -0.1) is 0 Å². The summed E-state index contributed by atoms with van der Waals surface area (Å²) in [4.78, 5) is 0. The van der Waals surface area contributed by atoms with Crippen LogP contribution in [0.3, 0.4) is 0 Å². The van der Waals surface area contributed by atoms with Gasteiger partial charge < -0.3 is 5.11 Å². The third kappa shape index (κ3) is 1.83. The second-order valence-electron chi connectivity index (χ2n) is 6.49. The van der Waals surface area contributed by atoms with E-state index in [-0.39, 0.29) is 10.8 Å². The summed E-state index contributed by atoms with van der Waals surface area (Å²) in [5.41, 5.74) is 4.07. The molecular weight excluding hydrogens is 196 g/mol. The van der Waals surface area contributed by atoms with Gasteiger partial charge in [0.05, 0.1) is 0 Å². The lowest BCUT2D eigenvalue weighted by molar-refractivity contribution is 0.459. The molecule has 1 aromatic rings. The van der Waals surface area contributed by atoms with Crippen molar-refractivity contribution in [2.75, 3.05) is 0 Å². The van der Waals surface area contributed by atoms with Gasteiger partial charge in [-0.1, -0.05) is 33.8 Å². The van der Waals surface area contributed by atoms with Crippen molar-refractivity contribution < 1.29 is 5.11 Å². The van der Waals surface area contributed by atoms with Gasteiger partial charge in [-0.3, -0.25) is 0 Å². The Kier molecular flexibility index (Phi) is 2.34. The molecule has 1 aliphatic rings. The van der Waals surface area contributed by atoms with E-state index in [1.54, 1.807) is 0 Å². The molecule has 0 aromatic heterocycles. The normalized spacial score (nSPS) is 18.6. The number of benzene rings is 1. The van der Waals surface area contributed by atoms with Crippen LogP contribution in [-0.4, -0.2) is 5.11 Å². The summed E-state index contributed by atoms with van der Waals surface area (Å²) >= 11 is 0. The maximum Gasteiger partial charge on any atom is 0.119 e. The number of aromatic hydroxyl groups is 1. The highest BCUT2D eigenvalue weighted by Crippen LogP contribution is 2.51. The standard InChI is InChI=1S/C15H22O/c1-10-8-13(16)12(15(5)6-7-15)9-11(10)14(2,3)4/h8-9,16H,6-7H2,1-5H3. The van der Waals surface area contributed by atoms with Gasteiger partial charge in [0.25, 0.3) is 0 Å². The zero-order valence-corrected chi connectivity index (χ0v) is 11.0. The lowest BCUT2D eigenvalue weighted by atomic mass is 9.81. The molecule has 1 aliphatic carbocycles. The van der Waals surface area contributed by atoms with Gasteiger partial charge >= 0.3 is 0 Å². The molecule has 1 saturated carbocycles. The first-order chi connectivity index (χ1) is 7.24. The van der Waals surface area contributed by atoms with Crippen molar-refractivity contribution in [2.24, 2.45) is 0 Å². The molecule has 0 bridgehead atoms. The summed E-state index contributed by atoms with van der Waals surface area (Å²) in [6.07, 6.45) is 2.40. The van der Waals surface area contributed by atoms with Crippen molar-refractivity contribution in [3.8, 4) is 5.75 Å². The number of hydrogen-bond acceptors (Lipinski definition) is 1. The zero-order valence-electron chi connectivity index (χ0n) is 11.0. The molecule has 16 heavy (non-hydrogen) atoms. The summed E-state index contributed by atoms with van der Waals surface area (Å²) < 4.78 is 0. The fourth-order valence-electron chi connectivity index (χ4n) is 2.44. The molecule has 1 N–H and O–H groups in total. The molecule has 0 amide bonds. The number of rotatable bonds is 1. The van der Waals surface area contributed by atoms with Crippen LogP contribution < -0.4 is 0 Å².